The van der Waals surface area contributed by atoms with Gasteiger partial charge in [0.05, 0.1) is 24.8 Å². The van der Waals surface area contributed by atoms with Gasteiger partial charge in [-0.25, -0.2) is 14.5 Å². The van der Waals surface area contributed by atoms with Gasteiger partial charge in [-0.15, -0.1) is 5.10 Å². The lowest BCUT2D eigenvalue weighted by Crippen LogP contribution is -2.20. The summed E-state index contributed by atoms with van der Waals surface area (Å²) in [5, 5.41) is 18.2. The molecule has 3 aromatic heterocycles. The van der Waals surface area contributed by atoms with Crippen LogP contribution < -0.4 is 5.32 Å². The molecule has 1 atom stereocenters. The van der Waals surface area contributed by atoms with E-state index in [1.165, 1.54) is 17.7 Å². The molecule has 3 rings (SSSR count). The topological polar surface area (TPSA) is 112 Å². The van der Waals surface area contributed by atoms with E-state index < -0.39 is 5.97 Å². The number of aromatic nitrogens is 5. The van der Waals surface area contributed by atoms with Crippen molar-refractivity contribution in [1.82, 2.24) is 25.2 Å². The second kappa shape index (κ2) is 8.15. The summed E-state index contributed by atoms with van der Waals surface area (Å²) in [5.41, 5.74) is 1.47. The molecule has 0 aliphatic carbocycles. The third kappa shape index (κ3) is 4.11. The van der Waals surface area contributed by atoms with Crippen molar-refractivity contribution in [1.29, 1.82) is 0 Å². The molecule has 0 fully saturated rings. The molecule has 9 nitrogen and oxygen atoms in total. The lowest BCUT2D eigenvalue weighted by atomic mass is 10.1. The van der Waals surface area contributed by atoms with Crippen LogP contribution in [0.25, 0.3) is 0 Å². The minimum absolute atomic E-state index is 0.134. The van der Waals surface area contributed by atoms with Crippen molar-refractivity contribution in [2.45, 2.75) is 26.3 Å². The zero-order valence-corrected chi connectivity index (χ0v) is 15.7. The fourth-order valence-electron chi connectivity index (χ4n) is 2.32. The number of rotatable bonds is 7. The van der Waals surface area contributed by atoms with E-state index in [1.54, 1.807) is 18.5 Å². The molecule has 0 saturated heterocycles. The minimum atomic E-state index is -0.437. The van der Waals surface area contributed by atoms with Crippen LogP contribution in [0.2, 0.25) is 0 Å². The van der Waals surface area contributed by atoms with Gasteiger partial charge in [0, 0.05) is 0 Å². The highest BCUT2D eigenvalue weighted by Crippen LogP contribution is 2.26. The number of tetrazole rings is 1. The second-order valence-electron chi connectivity index (χ2n) is 5.27. The maximum Gasteiger partial charge on any atom is 0.350 e. The first-order chi connectivity index (χ1) is 12.6. The van der Waals surface area contributed by atoms with Crippen molar-refractivity contribution in [3.63, 3.8) is 0 Å². The van der Waals surface area contributed by atoms with Crippen LogP contribution in [0.15, 0.2) is 23.2 Å². The van der Waals surface area contributed by atoms with Gasteiger partial charge in [0.15, 0.2) is 5.13 Å². The fourth-order valence-corrected chi connectivity index (χ4v) is 3.91. The number of anilines is 1. The SMILES string of the molecule is CCOC(=O)c1sc(NC(=O)C[C@@H](c2ccsc2)n2cnnn2)nc1C. The van der Waals surface area contributed by atoms with E-state index in [0.717, 1.165) is 16.9 Å². The first-order valence-corrected chi connectivity index (χ1v) is 9.53. The lowest BCUT2D eigenvalue weighted by Gasteiger charge is -2.14. The number of thiazole rings is 1. The first kappa shape index (κ1) is 18.1. The Kier molecular flexibility index (Phi) is 5.68. The highest BCUT2D eigenvalue weighted by Gasteiger charge is 2.22. The molecule has 0 unspecified atom stereocenters. The number of hydrogen-bond donors (Lipinski definition) is 1. The molecule has 26 heavy (non-hydrogen) atoms. The molecule has 0 spiro atoms. The number of amides is 1. The van der Waals surface area contributed by atoms with Gasteiger partial charge in [-0.3, -0.25) is 4.79 Å². The molecular formula is C15H16N6O3S2. The van der Waals surface area contributed by atoms with Crippen molar-refractivity contribution in [2.24, 2.45) is 0 Å². The average molecular weight is 392 g/mol. The van der Waals surface area contributed by atoms with Gasteiger partial charge in [0.2, 0.25) is 5.91 Å². The normalized spacial score (nSPS) is 11.9. The third-order valence-corrected chi connectivity index (χ3v) is 5.25. The van der Waals surface area contributed by atoms with Gasteiger partial charge in [-0.1, -0.05) is 11.3 Å². The van der Waals surface area contributed by atoms with Crippen molar-refractivity contribution in [3.8, 4) is 0 Å². The van der Waals surface area contributed by atoms with Gasteiger partial charge in [-0.05, 0) is 46.7 Å². The van der Waals surface area contributed by atoms with Gasteiger partial charge in [-0.2, -0.15) is 11.3 Å². The van der Waals surface area contributed by atoms with Crippen molar-refractivity contribution in [3.05, 3.63) is 39.3 Å². The molecule has 0 aromatic carbocycles. The number of carbonyl (C=O) groups is 2. The van der Waals surface area contributed by atoms with E-state index in [0.29, 0.717) is 15.7 Å². The molecule has 136 valence electrons. The average Bonchev–Trinajstić information content (AvgIpc) is 3.35. The summed E-state index contributed by atoms with van der Waals surface area (Å²) in [5.74, 6) is -0.686. The number of nitrogens with one attached hydrogen (secondary N) is 1. The maximum atomic E-state index is 12.5. The summed E-state index contributed by atoms with van der Waals surface area (Å²) >= 11 is 2.63. The molecule has 11 heteroatoms. The number of hydrogen-bond acceptors (Lipinski definition) is 9. The molecular weight excluding hydrogens is 376 g/mol. The van der Waals surface area contributed by atoms with E-state index in [2.05, 4.69) is 25.8 Å². The molecule has 0 saturated carbocycles. The summed E-state index contributed by atoms with van der Waals surface area (Å²) in [4.78, 5) is 29.0. The third-order valence-electron chi connectivity index (χ3n) is 3.49. The van der Waals surface area contributed by atoms with Crippen molar-refractivity contribution < 1.29 is 14.3 Å². The van der Waals surface area contributed by atoms with Crippen LogP contribution in [0.1, 0.15) is 40.3 Å². The van der Waals surface area contributed by atoms with Gasteiger partial charge in [0.1, 0.15) is 11.2 Å². The quantitative estimate of drug-likeness (QED) is 0.614. The molecule has 0 aliphatic heterocycles. The van der Waals surface area contributed by atoms with Crippen LogP contribution in [0.4, 0.5) is 5.13 Å². The van der Waals surface area contributed by atoms with Crippen LogP contribution >= 0.6 is 22.7 Å². The number of aryl methyl sites for hydroxylation is 1. The fraction of sp³-hybridized carbons (Fsp3) is 0.333. The summed E-state index contributed by atoms with van der Waals surface area (Å²) < 4.78 is 6.52. The first-order valence-electron chi connectivity index (χ1n) is 7.77. The highest BCUT2D eigenvalue weighted by atomic mass is 32.1. The lowest BCUT2D eigenvalue weighted by molar-refractivity contribution is -0.116. The second-order valence-corrected chi connectivity index (χ2v) is 7.05. The number of thiophene rings is 1. The predicted octanol–water partition coefficient (Wildman–Crippen LogP) is 2.29. The molecule has 1 amide bonds. The molecule has 0 radical (unpaired) electrons. The van der Waals surface area contributed by atoms with Crippen LogP contribution in [-0.2, 0) is 9.53 Å². The van der Waals surface area contributed by atoms with Gasteiger partial charge < -0.3 is 10.1 Å². The predicted molar refractivity (Wildman–Crippen MR) is 96.3 cm³/mol. The minimum Gasteiger partial charge on any atom is -0.462 e. The molecule has 3 aromatic rings. The number of nitrogens with zero attached hydrogens (tertiary/aromatic N) is 5. The summed E-state index contributed by atoms with van der Waals surface area (Å²) in [7, 11) is 0. The maximum absolute atomic E-state index is 12.5. The van der Waals surface area contributed by atoms with Crippen molar-refractivity contribution in [2.75, 3.05) is 11.9 Å². The largest absolute Gasteiger partial charge is 0.462 e. The van der Waals surface area contributed by atoms with E-state index in [4.69, 9.17) is 4.74 Å². The van der Waals surface area contributed by atoms with Crippen LogP contribution in [0.5, 0.6) is 0 Å². The Morgan fingerprint density at radius 3 is 2.92 bits per heavy atom. The molecule has 3 heterocycles. The Bertz CT molecular complexity index is 841. The van der Waals surface area contributed by atoms with E-state index >= 15 is 0 Å². The molecule has 0 aliphatic rings. The van der Waals surface area contributed by atoms with Gasteiger partial charge in [0.25, 0.3) is 0 Å². The smallest absolute Gasteiger partial charge is 0.350 e. The van der Waals surface area contributed by atoms with Crippen LogP contribution in [0, 0.1) is 6.92 Å². The number of ether oxygens (including phenoxy) is 1. The zero-order chi connectivity index (χ0) is 18.5. The molecule has 0 bridgehead atoms. The number of carbonyl (C=O) groups excluding carboxylic acids is 2. The Hall–Kier alpha value is -2.66. The van der Waals surface area contributed by atoms with Crippen molar-refractivity contribution >= 4 is 39.7 Å². The Morgan fingerprint density at radius 1 is 1.42 bits per heavy atom. The summed E-state index contributed by atoms with van der Waals surface area (Å²) in [6.45, 7) is 3.72. The summed E-state index contributed by atoms with van der Waals surface area (Å²) in [6, 6.07) is 1.61. The highest BCUT2D eigenvalue weighted by molar-refractivity contribution is 7.17. The summed E-state index contributed by atoms with van der Waals surface area (Å²) in [6.07, 6.45) is 1.61. The van der Waals surface area contributed by atoms with E-state index in [9.17, 15) is 9.59 Å². The monoisotopic (exact) mass is 392 g/mol. The Balaban J connectivity index is 1.71. The zero-order valence-electron chi connectivity index (χ0n) is 14.1. The van der Waals surface area contributed by atoms with Crippen LogP contribution in [0.3, 0.4) is 0 Å². The van der Waals surface area contributed by atoms with Crippen LogP contribution in [-0.4, -0.2) is 43.7 Å². The Labute approximate surface area is 157 Å². The molecule has 1 N–H and O–H groups in total. The van der Waals surface area contributed by atoms with E-state index in [-0.39, 0.29) is 25.0 Å². The van der Waals surface area contributed by atoms with Gasteiger partial charge >= 0.3 is 5.97 Å². The Morgan fingerprint density at radius 2 is 2.27 bits per heavy atom. The number of esters is 1. The standard InChI is InChI=1S/C15H16N6O3S2/c1-3-24-14(23)13-9(2)17-15(26-13)18-12(22)6-11(10-4-5-25-7-10)21-8-16-19-20-21/h4-5,7-8,11H,3,6H2,1-2H3,(H,17,18,22)/t11-/m0/s1. The van der Waals surface area contributed by atoms with E-state index in [1.807, 2.05) is 16.8 Å².